The molecule has 0 fully saturated rings. The van der Waals surface area contributed by atoms with E-state index in [1.165, 1.54) is 0 Å². The van der Waals surface area contributed by atoms with Crippen LogP contribution in [0.5, 0.6) is 5.75 Å². The van der Waals surface area contributed by atoms with Crippen LogP contribution in [0.3, 0.4) is 0 Å². The Hall–Kier alpha value is -2.73. The first kappa shape index (κ1) is 17.1. The maximum absolute atomic E-state index is 12.5. The quantitative estimate of drug-likeness (QED) is 0.746. The van der Waals surface area contributed by atoms with Crippen LogP contribution in [0.25, 0.3) is 22.0 Å². The van der Waals surface area contributed by atoms with Gasteiger partial charge in [-0.15, -0.1) is 0 Å². The molecule has 2 aromatic heterocycles. The number of aromatic amines is 1. The molecule has 2 heterocycles. The molecule has 0 amide bonds. The van der Waals surface area contributed by atoms with Crippen LogP contribution in [-0.2, 0) is 0 Å². The molecule has 130 valence electrons. The van der Waals surface area contributed by atoms with Crippen molar-refractivity contribution in [2.75, 3.05) is 7.11 Å². The second kappa shape index (κ2) is 7.03. The molecule has 25 heavy (non-hydrogen) atoms. The summed E-state index contributed by atoms with van der Waals surface area (Å²) < 4.78 is 5.35. The molecule has 0 aliphatic rings. The number of hydrogen-bond donors (Lipinski definition) is 2. The van der Waals surface area contributed by atoms with E-state index in [0.717, 1.165) is 17.5 Å². The number of pyridine rings is 1. The predicted molar refractivity (Wildman–Crippen MR) is 98.5 cm³/mol. The Morgan fingerprint density at radius 3 is 2.80 bits per heavy atom. The molecule has 3 rings (SSSR count). The van der Waals surface area contributed by atoms with Crippen LogP contribution in [0.2, 0.25) is 0 Å². The van der Waals surface area contributed by atoms with E-state index in [1.54, 1.807) is 19.5 Å². The Morgan fingerprint density at radius 2 is 2.08 bits per heavy atom. The molecule has 3 N–H and O–H groups in total. The number of fused-ring (bicyclic) bond motifs is 1. The van der Waals surface area contributed by atoms with Gasteiger partial charge >= 0.3 is 0 Å². The lowest BCUT2D eigenvalue weighted by molar-refractivity contribution is 0.414. The van der Waals surface area contributed by atoms with E-state index in [0.29, 0.717) is 28.4 Å². The van der Waals surface area contributed by atoms with Gasteiger partial charge in [-0.3, -0.25) is 9.78 Å². The number of hydrogen-bond acceptors (Lipinski definition) is 5. The Kier molecular flexibility index (Phi) is 4.81. The number of nitrogens with one attached hydrogen (secondary N) is 1. The van der Waals surface area contributed by atoms with Crippen molar-refractivity contribution < 1.29 is 4.74 Å². The number of benzene rings is 1. The zero-order valence-electron chi connectivity index (χ0n) is 14.6. The molecule has 1 atom stereocenters. The number of ether oxygens (including phenoxy) is 1. The SMILES string of the molecule is COc1cnccc1-c1ccc2nc(C(N)CC(C)C)[nH]c(=O)c2c1. The van der Waals surface area contributed by atoms with Gasteiger partial charge in [0.25, 0.3) is 5.56 Å². The molecule has 0 aliphatic heterocycles. The van der Waals surface area contributed by atoms with Crippen LogP contribution in [0.15, 0.2) is 41.5 Å². The maximum Gasteiger partial charge on any atom is 0.258 e. The van der Waals surface area contributed by atoms with Crippen molar-refractivity contribution >= 4 is 10.9 Å². The second-order valence-corrected chi connectivity index (χ2v) is 6.50. The fourth-order valence-corrected chi connectivity index (χ4v) is 2.90. The number of methoxy groups -OCH3 is 1. The number of nitrogens with zero attached hydrogens (tertiary/aromatic N) is 2. The molecule has 0 aliphatic carbocycles. The summed E-state index contributed by atoms with van der Waals surface area (Å²) in [5, 5.41) is 0.525. The smallest absolute Gasteiger partial charge is 0.258 e. The molecule has 6 nitrogen and oxygen atoms in total. The number of aromatic nitrogens is 3. The molecule has 0 radical (unpaired) electrons. The average Bonchev–Trinajstić information content (AvgIpc) is 2.60. The molecule has 0 saturated carbocycles. The number of H-pyrrole nitrogens is 1. The van der Waals surface area contributed by atoms with Gasteiger partial charge in [0, 0.05) is 11.8 Å². The van der Waals surface area contributed by atoms with Crippen molar-refractivity contribution in [2.45, 2.75) is 26.3 Å². The monoisotopic (exact) mass is 338 g/mol. The molecule has 0 bridgehead atoms. The van der Waals surface area contributed by atoms with Gasteiger partial charge in [-0.1, -0.05) is 19.9 Å². The van der Waals surface area contributed by atoms with Crippen LogP contribution in [-0.4, -0.2) is 22.1 Å². The maximum atomic E-state index is 12.5. The van der Waals surface area contributed by atoms with Gasteiger partial charge in [-0.2, -0.15) is 0 Å². The molecule has 0 saturated heterocycles. The molecular weight excluding hydrogens is 316 g/mol. The Morgan fingerprint density at radius 1 is 1.28 bits per heavy atom. The second-order valence-electron chi connectivity index (χ2n) is 6.50. The van der Waals surface area contributed by atoms with Crippen LogP contribution >= 0.6 is 0 Å². The Bertz CT molecular complexity index is 950. The summed E-state index contributed by atoms with van der Waals surface area (Å²) in [5.41, 5.74) is 8.35. The largest absolute Gasteiger partial charge is 0.494 e. The van der Waals surface area contributed by atoms with E-state index in [9.17, 15) is 4.79 Å². The minimum absolute atomic E-state index is 0.186. The van der Waals surface area contributed by atoms with E-state index < -0.39 is 0 Å². The summed E-state index contributed by atoms with van der Waals surface area (Å²) in [5.74, 6) is 1.61. The van der Waals surface area contributed by atoms with Crippen LogP contribution in [0.1, 0.15) is 32.1 Å². The minimum atomic E-state index is -0.280. The lowest BCUT2D eigenvalue weighted by atomic mass is 10.0. The normalized spacial score (nSPS) is 12.5. The summed E-state index contributed by atoms with van der Waals surface area (Å²) in [7, 11) is 1.60. The van der Waals surface area contributed by atoms with Gasteiger partial charge in [0.1, 0.15) is 11.6 Å². The highest BCUT2D eigenvalue weighted by Crippen LogP contribution is 2.30. The first-order valence-electron chi connectivity index (χ1n) is 8.27. The molecule has 6 heteroatoms. The third-order valence-corrected chi connectivity index (χ3v) is 4.12. The lowest BCUT2D eigenvalue weighted by Gasteiger charge is -2.14. The molecule has 3 aromatic rings. The summed E-state index contributed by atoms with van der Waals surface area (Å²) in [6.07, 6.45) is 4.11. The third-order valence-electron chi connectivity index (χ3n) is 4.12. The number of rotatable bonds is 5. The third kappa shape index (κ3) is 3.53. The minimum Gasteiger partial charge on any atom is -0.494 e. The van der Waals surface area contributed by atoms with E-state index in [2.05, 4.69) is 28.8 Å². The molecule has 0 spiro atoms. The van der Waals surface area contributed by atoms with Crippen molar-refractivity contribution in [1.29, 1.82) is 0 Å². The highest BCUT2D eigenvalue weighted by molar-refractivity contribution is 5.85. The van der Waals surface area contributed by atoms with Gasteiger partial charge < -0.3 is 15.5 Å². The average molecular weight is 338 g/mol. The van der Waals surface area contributed by atoms with E-state index in [1.807, 2.05) is 24.3 Å². The fourth-order valence-electron chi connectivity index (χ4n) is 2.90. The lowest BCUT2D eigenvalue weighted by Crippen LogP contribution is -2.21. The topological polar surface area (TPSA) is 93.9 Å². The highest BCUT2D eigenvalue weighted by Gasteiger charge is 2.14. The van der Waals surface area contributed by atoms with Gasteiger partial charge in [0.05, 0.1) is 30.3 Å². The molecule has 1 aromatic carbocycles. The first-order chi connectivity index (χ1) is 12.0. The van der Waals surface area contributed by atoms with Crippen LogP contribution in [0, 0.1) is 5.92 Å². The first-order valence-corrected chi connectivity index (χ1v) is 8.27. The van der Waals surface area contributed by atoms with E-state index in [4.69, 9.17) is 10.5 Å². The van der Waals surface area contributed by atoms with Gasteiger partial charge in [-0.05, 0) is 36.1 Å². The predicted octanol–water partition coefficient (Wildman–Crippen LogP) is 3.04. The summed E-state index contributed by atoms with van der Waals surface area (Å²) in [4.78, 5) is 24.0. The van der Waals surface area contributed by atoms with Crippen molar-refractivity contribution in [3.63, 3.8) is 0 Å². The summed E-state index contributed by atoms with van der Waals surface area (Å²) >= 11 is 0. The highest BCUT2D eigenvalue weighted by atomic mass is 16.5. The van der Waals surface area contributed by atoms with Crippen LogP contribution in [0.4, 0.5) is 0 Å². The number of nitrogens with two attached hydrogens (primary N) is 1. The van der Waals surface area contributed by atoms with Crippen LogP contribution < -0.4 is 16.0 Å². The van der Waals surface area contributed by atoms with Gasteiger partial charge in [-0.25, -0.2) is 4.98 Å². The van der Waals surface area contributed by atoms with Crippen molar-refractivity contribution in [1.82, 2.24) is 15.0 Å². The standard InChI is InChI=1S/C19H22N4O2/c1-11(2)8-15(20)18-22-16-5-4-12(9-14(16)19(24)23-18)13-6-7-21-10-17(13)25-3/h4-7,9-11,15H,8,20H2,1-3H3,(H,22,23,24). The Balaban J connectivity index is 2.07. The van der Waals surface area contributed by atoms with Gasteiger partial charge in [0.15, 0.2) is 0 Å². The van der Waals surface area contributed by atoms with Crippen molar-refractivity contribution in [2.24, 2.45) is 11.7 Å². The summed E-state index contributed by atoms with van der Waals surface area (Å²) in [6.45, 7) is 4.18. The fraction of sp³-hybridized carbons (Fsp3) is 0.316. The molecule has 1 unspecified atom stereocenters. The van der Waals surface area contributed by atoms with Crippen molar-refractivity contribution in [3.8, 4) is 16.9 Å². The zero-order chi connectivity index (χ0) is 18.0. The van der Waals surface area contributed by atoms with E-state index >= 15 is 0 Å². The molecular formula is C19H22N4O2. The summed E-state index contributed by atoms with van der Waals surface area (Å²) in [6, 6.07) is 7.15. The van der Waals surface area contributed by atoms with Crippen molar-refractivity contribution in [3.05, 3.63) is 52.8 Å². The Labute approximate surface area is 146 Å². The zero-order valence-corrected chi connectivity index (χ0v) is 14.6. The van der Waals surface area contributed by atoms with Gasteiger partial charge in [0.2, 0.25) is 0 Å². The van der Waals surface area contributed by atoms with E-state index in [-0.39, 0.29) is 11.6 Å².